The fraction of sp³-hybridized carbons (Fsp3) is 0.545. The molecule has 0 radical (unpaired) electrons. The van der Waals surface area contributed by atoms with Crippen molar-refractivity contribution in [2.45, 2.75) is 26.7 Å². The number of nitriles is 1. The first-order valence-corrected chi connectivity index (χ1v) is 5.24. The van der Waals surface area contributed by atoms with Crippen molar-refractivity contribution in [2.75, 3.05) is 6.54 Å². The third-order valence-electron chi connectivity index (χ3n) is 2.28. The molecule has 1 aromatic heterocycles. The second kappa shape index (κ2) is 5.31. The summed E-state index contributed by atoms with van der Waals surface area (Å²) < 4.78 is 0. The van der Waals surface area contributed by atoms with Crippen molar-refractivity contribution in [3.05, 3.63) is 18.2 Å². The van der Waals surface area contributed by atoms with Gasteiger partial charge >= 0.3 is 0 Å². The Bertz CT molecular complexity index is 375. The van der Waals surface area contributed by atoms with Crippen molar-refractivity contribution in [3.8, 4) is 6.07 Å². The van der Waals surface area contributed by atoms with Gasteiger partial charge in [-0.05, 0) is 20.3 Å². The largest absolute Gasteiger partial charge is 0.355 e. The van der Waals surface area contributed by atoms with E-state index < -0.39 is 5.41 Å². The Labute approximate surface area is 94.9 Å². The number of amides is 1. The smallest absolute Gasteiger partial charge is 0.239 e. The van der Waals surface area contributed by atoms with Gasteiger partial charge in [0.05, 0.1) is 6.07 Å². The molecule has 0 atom stereocenters. The summed E-state index contributed by atoms with van der Waals surface area (Å²) in [6, 6.07) is 1.96. The number of nitrogens with zero attached hydrogens (tertiary/aromatic N) is 2. The molecule has 16 heavy (non-hydrogen) atoms. The SMILES string of the molecule is CC(C)(C#N)C(=O)NCCCc1ncc[nH]1. The van der Waals surface area contributed by atoms with Gasteiger partial charge in [-0.2, -0.15) is 5.26 Å². The summed E-state index contributed by atoms with van der Waals surface area (Å²) in [5.74, 6) is 0.684. The van der Waals surface area contributed by atoms with Gasteiger partial charge in [-0.25, -0.2) is 4.98 Å². The van der Waals surface area contributed by atoms with E-state index in [4.69, 9.17) is 5.26 Å². The lowest BCUT2D eigenvalue weighted by Crippen LogP contribution is -2.36. The molecule has 0 saturated heterocycles. The number of rotatable bonds is 5. The van der Waals surface area contributed by atoms with E-state index in [9.17, 15) is 4.79 Å². The molecule has 0 aliphatic heterocycles. The van der Waals surface area contributed by atoms with Crippen LogP contribution in [0.3, 0.4) is 0 Å². The van der Waals surface area contributed by atoms with Gasteiger partial charge in [0, 0.05) is 25.4 Å². The van der Waals surface area contributed by atoms with Crippen LogP contribution in [0.1, 0.15) is 26.1 Å². The molecule has 0 aromatic carbocycles. The highest BCUT2D eigenvalue weighted by molar-refractivity contribution is 5.84. The van der Waals surface area contributed by atoms with Crippen LogP contribution >= 0.6 is 0 Å². The van der Waals surface area contributed by atoms with E-state index >= 15 is 0 Å². The molecule has 5 nitrogen and oxygen atoms in total. The molecule has 1 aromatic rings. The number of H-pyrrole nitrogens is 1. The van der Waals surface area contributed by atoms with E-state index in [1.165, 1.54) is 0 Å². The summed E-state index contributed by atoms with van der Waals surface area (Å²) in [6.07, 6.45) is 5.07. The number of hydrogen-bond donors (Lipinski definition) is 2. The molecule has 0 bridgehead atoms. The zero-order chi connectivity index (χ0) is 12.0. The van der Waals surface area contributed by atoms with E-state index in [0.29, 0.717) is 6.54 Å². The van der Waals surface area contributed by atoms with Crippen LogP contribution in [0.2, 0.25) is 0 Å². The Kier molecular flexibility index (Phi) is 4.06. The number of carbonyl (C=O) groups is 1. The zero-order valence-electron chi connectivity index (χ0n) is 9.58. The average molecular weight is 220 g/mol. The van der Waals surface area contributed by atoms with E-state index in [0.717, 1.165) is 18.7 Å². The monoisotopic (exact) mass is 220 g/mol. The highest BCUT2D eigenvalue weighted by Gasteiger charge is 2.26. The normalized spacial score (nSPS) is 10.8. The van der Waals surface area contributed by atoms with Gasteiger partial charge in [0.2, 0.25) is 5.91 Å². The lowest BCUT2D eigenvalue weighted by molar-refractivity contribution is -0.126. The molecular weight excluding hydrogens is 204 g/mol. The zero-order valence-corrected chi connectivity index (χ0v) is 9.58. The summed E-state index contributed by atoms with van der Waals surface area (Å²) >= 11 is 0. The second-order valence-corrected chi connectivity index (χ2v) is 4.13. The highest BCUT2D eigenvalue weighted by atomic mass is 16.2. The molecule has 0 unspecified atom stereocenters. The maximum atomic E-state index is 11.5. The van der Waals surface area contributed by atoms with Gasteiger partial charge in [-0.3, -0.25) is 4.79 Å². The number of hydrogen-bond acceptors (Lipinski definition) is 3. The van der Waals surface area contributed by atoms with Crippen molar-refractivity contribution in [1.29, 1.82) is 5.26 Å². The van der Waals surface area contributed by atoms with Crippen LogP contribution in [0.25, 0.3) is 0 Å². The van der Waals surface area contributed by atoms with Gasteiger partial charge in [0.15, 0.2) is 0 Å². The van der Waals surface area contributed by atoms with Crippen molar-refractivity contribution in [2.24, 2.45) is 5.41 Å². The lowest BCUT2D eigenvalue weighted by atomic mass is 9.95. The van der Waals surface area contributed by atoms with Crippen LogP contribution in [-0.2, 0) is 11.2 Å². The summed E-state index contributed by atoms with van der Waals surface area (Å²) in [6.45, 7) is 3.77. The molecule has 1 heterocycles. The van der Waals surface area contributed by atoms with E-state index in [2.05, 4.69) is 15.3 Å². The molecule has 2 N–H and O–H groups in total. The first-order chi connectivity index (χ1) is 7.56. The number of aryl methyl sites for hydroxylation is 1. The third kappa shape index (κ3) is 3.39. The fourth-order valence-electron chi connectivity index (χ4n) is 1.16. The van der Waals surface area contributed by atoms with E-state index in [-0.39, 0.29) is 5.91 Å². The van der Waals surface area contributed by atoms with Crippen LogP contribution in [-0.4, -0.2) is 22.4 Å². The minimum atomic E-state index is -0.954. The topological polar surface area (TPSA) is 81.6 Å². The Morgan fingerprint density at radius 1 is 1.69 bits per heavy atom. The summed E-state index contributed by atoms with van der Waals surface area (Å²) in [4.78, 5) is 18.6. The minimum Gasteiger partial charge on any atom is -0.355 e. The molecule has 0 aliphatic carbocycles. The molecule has 1 rings (SSSR count). The van der Waals surface area contributed by atoms with Gasteiger partial charge < -0.3 is 10.3 Å². The Morgan fingerprint density at radius 2 is 2.44 bits per heavy atom. The first kappa shape index (κ1) is 12.2. The van der Waals surface area contributed by atoms with E-state index in [1.54, 1.807) is 26.2 Å². The van der Waals surface area contributed by atoms with Crippen LogP contribution in [0.5, 0.6) is 0 Å². The molecular formula is C11H16N4O. The molecule has 0 saturated carbocycles. The van der Waals surface area contributed by atoms with E-state index in [1.807, 2.05) is 6.07 Å². The Morgan fingerprint density at radius 3 is 3.00 bits per heavy atom. The molecule has 0 aliphatic rings. The molecule has 86 valence electrons. The quantitative estimate of drug-likeness (QED) is 0.726. The summed E-state index contributed by atoms with van der Waals surface area (Å²) in [5, 5.41) is 11.5. The molecule has 0 fully saturated rings. The predicted octanol–water partition coefficient (Wildman–Crippen LogP) is 1.01. The lowest BCUT2D eigenvalue weighted by Gasteiger charge is -2.14. The number of aromatic amines is 1. The minimum absolute atomic E-state index is 0.227. The summed E-state index contributed by atoms with van der Waals surface area (Å²) in [7, 11) is 0. The molecule has 1 amide bonds. The van der Waals surface area contributed by atoms with Gasteiger partial charge in [-0.1, -0.05) is 0 Å². The number of nitrogens with one attached hydrogen (secondary N) is 2. The Balaban J connectivity index is 2.22. The maximum Gasteiger partial charge on any atom is 0.239 e. The van der Waals surface area contributed by atoms with Gasteiger partial charge in [0.25, 0.3) is 0 Å². The summed E-state index contributed by atoms with van der Waals surface area (Å²) in [5.41, 5.74) is -0.954. The van der Waals surface area contributed by atoms with Crippen LogP contribution < -0.4 is 5.32 Å². The third-order valence-corrected chi connectivity index (χ3v) is 2.28. The maximum absolute atomic E-state index is 11.5. The standard InChI is InChI=1S/C11H16N4O/c1-11(2,8-12)10(16)15-5-3-4-9-13-6-7-14-9/h6-7H,3-5H2,1-2H3,(H,13,14)(H,15,16). The number of carbonyl (C=O) groups excluding carboxylic acids is 1. The van der Waals surface area contributed by atoms with Gasteiger partial charge in [-0.15, -0.1) is 0 Å². The second-order valence-electron chi connectivity index (χ2n) is 4.13. The molecule has 0 spiro atoms. The van der Waals surface area contributed by atoms with Crippen molar-refractivity contribution in [1.82, 2.24) is 15.3 Å². The van der Waals surface area contributed by atoms with Crippen LogP contribution in [0.4, 0.5) is 0 Å². The van der Waals surface area contributed by atoms with Crippen molar-refractivity contribution < 1.29 is 4.79 Å². The average Bonchev–Trinajstić information content (AvgIpc) is 2.76. The Hall–Kier alpha value is -1.83. The fourth-order valence-corrected chi connectivity index (χ4v) is 1.16. The molecule has 5 heteroatoms. The van der Waals surface area contributed by atoms with Crippen molar-refractivity contribution >= 4 is 5.91 Å². The first-order valence-electron chi connectivity index (χ1n) is 5.24. The number of imidazole rings is 1. The van der Waals surface area contributed by atoms with Crippen LogP contribution in [0, 0.1) is 16.7 Å². The predicted molar refractivity (Wildman–Crippen MR) is 59.3 cm³/mol. The van der Waals surface area contributed by atoms with Crippen molar-refractivity contribution in [3.63, 3.8) is 0 Å². The van der Waals surface area contributed by atoms with Gasteiger partial charge in [0.1, 0.15) is 11.2 Å². The van der Waals surface area contributed by atoms with Crippen LogP contribution in [0.15, 0.2) is 12.4 Å². The highest BCUT2D eigenvalue weighted by Crippen LogP contribution is 2.12. The number of aromatic nitrogens is 2.